The van der Waals surface area contributed by atoms with Crippen molar-refractivity contribution >= 4 is 17.8 Å². The molecule has 2 rings (SSSR count). The lowest BCUT2D eigenvalue weighted by Gasteiger charge is -2.16. The Balaban J connectivity index is 1.84. The van der Waals surface area contributed by atoms with Gasteiger partial charge < -0.3 is 11.1 Å². The van der Waals surface area contributed by atoms with Gasteiger partial charge in [0.1, 0.15) is 5.82 Å². The molecule has 0 saturated heterocycles. The van der Waals surface area contributed by atoms with Gasteiger partial charge >= 0.3 is 6.03 Å². The van der Waals surface area contributed by atoms with Gasteiger partial charge in [0, 0.05) is 12.2 Å². The number of nitrogens with one attached hydrogen (secondary N) is 2. The molecule has 98 valence electrons. The van der Waals surface area contributed by atoms with Crippen LogP contribution in [0.4, 0.5) is 16.6 Å². The van der Waals surface area contributed by atoms with Gasteiger partial charge in [-0.05, 0) is 18.9 Å². The van der Waals surface area contributed by atoms with Gasteiger partial charge in [-0.2, -0.15) is 4.98 Å². The summed E-state index contributed by atoms with van der Waals surface area (Å²) in [5.74, 6) is 0.580. The molecule has 4 N–H and O–H groups in total. The average Bonchev–Trinajstić information content (AvgIpc) is 2.57. The third kappa shape index (κ3) is 3.87. The molecule has 0 bridgehead atoms. The molecule has 1 aromatic rings. The summed E-state index contributed by atoms with van der Waals surface area (Å²) in [5.41, 5.74) is 5.45. The van der Waals surface area contributed by atoms with Gasteiger partial charge in [-0.25, -0.2) is 9.78 Å². The van der Waals surface area contributed by atoms with E-state index in [0.29, 0.717) is 5.82 Å². The Kier molecular flexibility index (Phi) is 4.33. The molecule has 6 heteroatoms. The summed E-state index contributed by atoms with van der Waals surface area (Å²) in [5, 5.41) is 5.64. The Bertz CT molecular complexity index is 401. The monoisotopic (exact) mass is 249 g/mol. The third-order valence-electron chi connectivity index (χ3n) is 3.11. The van der Waals surface area contributed by atoms with Crippen LogP contribution in [0.3, 0.4) is 0 Å². The highest BCUT2D eigenvalue weighted by Gasteiger charge is 2.14. The van der Waals surface area contributed by atoms with Crippen LogP contribution in [0.25, 0.3) is 0 Å². The number of urea groups is 1. The first-order valence-electron chi connectivity index (χ1n) is 6.40. The van der Waals surface area contributed by atoms with Crippen LogP contribution in [0.5, 0.6) is 0 Å². The molecule has 0 radical (unpaired) electrons. The van der Waals surface area contributed by atoms with E-state index in [2.05, 4.69) is 20.6 Å². The van der Waals surface area contributed by atoms with E-state index in [0.717, 1.165) is 12.8 Å². The fraction of sp³-hybridized carbons (Fsp3) is 0.583. The summed E-state index contributed by atoms with van der Waals surface area (Å²) in [7, 11) is 0. The summed E-state index contributed by atoms with van der Waals surface area (Å²) < 4.78 is 0. The van der Waals surface area contributed by atoms with Crippen molar-refractivity contribution in [2.24, 2.45) is 0 Å². The van der Waals surface area contributed by atoms with E-state index < -0.39 is 0 Å². The lowest BCUT2D eigenvalue weighted by molar-refractivity contribution is 0.247. The van der Waals surface area contributed by atoms with E-state index in [1.165, 1.54) is 31.9 Å². The van der Waals surface area contributed by atoms with Crippen LogP contribution < -0.4 is 16.4 Å². The van der Waals surface area contributed by atoms with Crippen LogP contribution in [0.15, 0.2) is 12.3 Å². The van der Waals surface area contributed by atoms with Gasteiger partial charge in [0.15, 0.2) is 0 Å². The molecule has 1 fully saturated rings. The Morgan fingerprint density at radius 2 is 2.00 bits per heavy atom. The zero-order chi connectivity index (χ0) is 12.8. The van der Waals surface area contributed by atoms with Crippen LogP contribution in [0.2, 0.25) is 0 Å². The quantitative estimate of drug-likeness (QED) is 0.698. The molecule has 1 aliphatic carbocycles. The van der Waals surface area contributed by atoms with Gasteiger partial charge in [-0.3, -0.25) is 5.32 Å². The fourth-order valence-electron chi connectivity index (χ4n) is 2.20. The van der Waals surface area contributed by atoms with Crippen molar-refractivity contribution in [2.75, 3.05) is 11.1 Å². The Labute approximate surface area is 106 Å². The number of aromatic nitrogens is 2. The number of anilines is 2. The maximum absolute atomic E-state index is 11.8. The zero-order valence-electron chi connectivity index (χ0n) is 10.4. The molecule has 1 heterocycles. The highest BCUT2D eigenvalue weighted by molar-refractivity contribution is 5.88. The smallest absolute Gasteiger partial charge is 0.320 e. The Morgan fingerprint density at radius 3 is 2.67 bits per heavy atom. The minimum Gasteiger partial charge on any atom is -0.368 e. The predicted molar refractivity (Wildman–Crippen MR) is 70.1 cm³/mol. The van der Waals surface area contributed by atoms with Crippen molar-refractivity contribution < 1.29 is 4.79 Å². The molecule has 0 aromatic carbocycles. The molecule has 1 aromatic heterocycles. The van der Waals surface area contributed by atoms with Gasteiger partial charge in [-0.15, -0.1) is 0 Å². The Morgan fingerprint density at radius 1 is 1.28 bits per heavy atom. The van der Waals surface area contributed by atoms with Gasteiger partial charge in [0.05, 0.1) is 0 Å². The van der Waals surface area contributed by atoms with E-state index in [-0.39, 0.29) is 18.0 Å². The van der Waals surface area contributed by atoms with Crippen molar-refractivity contribution in [3.63, 3.8) is 0 Å². The maximum Gasteiger partial charge on any atom is 0.320 e. The van der Waals surface area contributed by atoms with Crippen LogP contribution in [0, 0.1) is 0 Å². The number of carbonyl (C=O) groups excluding carboxylic acids is 1. The van der Waals surface area contributed by atoms with Crippen molar-refractivity contribution in [2.45, 2.75) is 44.6 Å². The number of nitrogens with two attached hydrogens (primary N) is 1. The van der Waals surface area contributed by atoms with E-state index in [4.69, 9.17) is 5.73 Å². The normalized spacial score (nSPS) is 16.9. The number of nitrogens with zero attached hydrogens (tertiary/aromatic N) is 2. The molecule has 6 nitrogen and oxygen atoms in total. The summed E-state index contributed by atoms with van der Waals surface area (Å²) in [6.07, 6.45) is 8.53. The second-order valence-electron chi connectivity index (χ2n) is 4.59. The van der Waals surface area contributed by atoms with E-state index in [1.54, 1.807) is 6.07 Å². The van der Waals surface area contributed by atoms with E-state index in [9.17, 15) is 4.79 Å². The SMILES string of the molecule is Nc1nccc(NC(=O)NC2CCCCCC2)n1. The maximum atomic E-state index is 11.8. The number of hydrogen-bond donors (Lipinski definition) is 3. The molecule has 0 aliphatic heterocycles. The highest BCUT2D eigenvalue weighted by Crippen LogP contribution is 2.17. The molecular weight excluding hydrogens is 230 g/mol. The first-order valence-corrected chi connectivity index (χ1v) is 6.40. The molecular formula is C12H19N5O. The number of rotatable bonds is 2. The summed E-state index contributed by atoms with van der Waals surface area (Å²) >= 11 is 0. The Hall–Kier alpha value is -1.85. The van der Waals surface area contributed by atoms with Gasteiger partial charge in [0.25, 0.3) is 0 Å². The summed E-state index contributed by atoms with van der Waals surface area (Å²) in [6.45, 7) is 0. The number of hydrogen-bond acceptors (Lipinski definition) is 4. The number of carbonyl (C=O) groups is 1. The lowest BCUT2D eigenvalue weighted by atomic mass is 10.1. The minimum absolute atomic E-state index is 0.155. The molecule has 0 unspecified atom stereocenters. The minimum atomic E-state index is -0.222. The predicted octanol–water partition coefficient (Wildman–Crippen LogP) is 1.90. The lowest BCUT2D eigenvalue weighted by Crippen LogP contribution is -2.37. The molecule has 1 aliphatic rings. The van der Waals surface area contributed by atoms with Crippen LogP contribution in [-0.2, 0) is 0 Å². The van der Waals surface area contributed by atoms with Gasteiger partial charge in [-0.1, -0.05) is 25.7 Å². The first kappa shape index (κ1) is 12.6. The van der Waals surface area contributed by atoms with Crippen molar-refractivity contribution in [1.82, 2.24) is 15.3 Å². The van der Waals surface area contributed by atoms with E-state index >= 15 is 0 Å². The second kappa shape index (κ2) is 6.18. The van der Waals surface area contributed by atoms with Crippen LogP contribution in [-0.4, -0.2) is 22.0 Å². The van der Waals surface area contributed by atoms with Crippen molar-refractivity contribution in [3.8, 4) is 0 Å². The van der Waals surface area contributed by atoms with Crippen LogP contribution in [0.1, 0.15) is 38.5 Å². The average molecular weight is 249 g/mol. The van der Waals surface area contributed by atoms with Crippen molar-refractivity contribution in [3.05, 3.63) is 12.3 Å². The molecule has 2 amide bonds. The molecule has 0 spiro atoms. The van der Waals surface area contributed by atoms with Crippen LogP contribution >= 0.6 is 0 Å². The second-order valence-corrected chi connectivity index (χ2v) is 4.59. The molecule has 1 saturated carbocycles. The van der Waals surface area contributed by atoms with E-state index in [1.807, 2.05) is 0 Å². The topological polar surface area (TPSA) is 92.9 Å². The third-order valence-corrected chi connectivity index (χ3v) is 3.11. The highest BCUT2D eigenvalue weighted by atomic mass is 16.2. The zero-order valence-corrected chi connectivity index (χ0v) is 10.4. The summed E-state index contributed by atoms with van der Waals surface area (Å²) in [4.78, 5) is 19.5. The standard InChI is InChI=1S/C12H19N5O/c13-11-14-8-7-10(16-11)17-12(18)15-9-5-3-1-2-4-6-9/h7-9H,1-6H2,(H4,13,14,15,16,17,18). The molecule has 18 heavy (non-hydrogen) atoms. The summed E-state index contributed by atoms with van der Waals surface area (Å²) in [6, 6.07) is 1.66. The molecule has 0 atom stereocenters. The largest absolute Gasteiger partial charge is 0.368 e. The number of nitrogen functional groups attached to an aromatic ring is 1. The number of amides is 2. The van der Waals surface area contributed by atoms with Crippen molar-refractivity contribution in [1.29, 1.82) is 0 Å². The fourth-order valence-corrected chi connectivity index (χ4v) is 2.20. The van der Waals surface area contributed by atoms with Gasteiger partial charge in [0.2, 0.25) is 5.95 Å². The first-order chi connectivity index (χ1) is 8.74.